The summed E-state index contributed by atoms with van der Waals surface area (Å²) >= 11 is 1.46. The minimum Gasteiger partial charge on any atom is -0.387 e. The summed E-state index contributed by atoms with van der Waals surface area (Å²) in [4.78, 5) is 42.5. The number of imide groups is 1. The van der Waals surface area contributed by atoms with Crippen molar-refractivity contribution in [2.75, 3.05) is 12.3 Å². The quantitative estimate of drug-likeness (QED) is 0.313. The number of aromatic nitrogens is 3. The predicted molar refractivity (Wildman–Crippen MR) is 111 cm³/mol. The van der Waals surface area contributed by atoms with Gasteiger partial charge in [-0.25, -0.2) is 9.78 Å². The largest absolute Gasteiger partial charge is 0.437 e. The van der Waals surface area contributed by atoms with E-state index in [1.54, 1.807) is 48.7 Å². The molecule has 1 aliphatic rings. The third-order valence-corrected chi connectivity index (χ3v) is 5.58. The molecule has 0 radical (unpaired) electrons. The van der Waals surface area contributed by atoms with Gasteiger partial charge in [0.25, 0.3) is 17.7 Å². The second kappa shape index (κ2) is 8.50. The molecule has 0 saturated heterocycles. The van der Waals surface area contributed by atoms with Gasteiger partial charge in [-0.05, 0) is 30.7 Å². The van der Waals surface area contributed by atoms with E-state index in [0.29, 0.717) is 33.9 Å². The molecule has 0 aliphatic carbocycles. The van der Waals surface area contributed by atoms with Crippen LogP contribution >= 0.6 is 11.8 Å². The van der Waals surface area contributed by atoms with Crippen LogP contribution in [0.5, 0.6) is 0 Å². The lowest BCUT2D eigenvalue weighted by atomic mass is 10.1. The normalized spacial score (nSPS) is 13.0. The third-order valence-electron chi connectivity index (χ3n) is 4.58. The van der Waals surface area contributed by atoms with Crippen LogP contribution < -0.4 is 5.76 Å². The smallest absolute Gasteiger partial charge is 0.387 e. The summed E-state index contributed by atoms with van der Waals surface area (Å²) in [5.41, 5.74) is 1.44. The van der Waals surface area contributed by atoms with Gasteiger partial charge in [0.05, 0.1) is 16.7 Å². The molecule has 9 heteroatoms. The fourth-order valence-corrected chi connectivity index (χ4v) is 3.91. The van der Waals surface area contributed by atoms with E-state index in [9.17, 15) is 14.4 Å². The van der Waals surface area contributed by atoms with Crippen LogP contribution in [0.4, 0.5) is 0 Å². The standard InChI is InChI=1S/C21H18N4O4S/c1-2-13-30-18-16(9-5-10-22-18)17-23-25(21(28)29-17)12-6-11-24-19(26)14-7-3-4-8-15(14)20(24)27/h2-5,7-10H,1,6,11-13H2. The number of carbonyl (C=O) groups is 2. The molecule has 1 aliphatic heterocycles. The molecule has 0 atom stereocenters. The van der Waals surface area contributed by atoms with Crippen molar-refractivity contribution in [3.05, 3.63) is 76.9 Å². The van der Waals surface area contributed by atoms with Crippen LogP contribution in [0.2, 0.25) is 0 Å². The first-order chi connectivity index (χ1) is 14.6. The van der Waals surface area contributed by atoms with Crippen molar-refractivity contribution in [2.24, 2.45) is 0 Å². The number of fused-ring (bicyclic) bond motifs is 1. The predicted octanol–water partition coefficient (Wildman–Crippen LogP) is 2.86. The molecule has 0 unspecified atom stereocenters. The van der Waals surface area contributed by atoms with Gasteiger partial charge in [-0.15, -0.1) is 23.4 Å². The van der Waals surface area contributed by atoms with E-state index in [0.717, 1.165) is 0 Å². The Morgan fingerprint density at radius 2 is 1.70 bits per heavy atom. The molecule has 1 aromatic carbocycles. The topological polar surface area (TPSA) is 98.3 Å². The summed E-state index contributed by atoms with van der Waals surface area (Å²) in [5.74, 6) is -0.391. The summed E-state index contributed by atoms with van der Waals surface area (Å²) in [6.45, 7) is 4.10. The molecule has 0 bridgehead atoms. The lowest BCUT2D eigenvalue weighted by molar-refractivity contribution is 0.0650. The van der Waals surface area contributed by atoms with Gasteiger partial charge in [0.15, 0.2) is 0 Å². The number of hydrogen-bond acceptors (Lipinski definition) is 7. The van der Waals surface area contributed by atoms with Crippen molar-refractivity contribution < 1.29 is 14.0 Å². The Hall–Kier alpha value is -3.46. The van der Waals surface area contributed by atoms with E-state index in [1.165, 1.54) is 21.3 Å². The monoisotopic (exact) mass is 422 g/mol. The highest BCUT2D eigenvalue weighted by molar-refractivity contribution is 7.99. The van der Waals surface area contributed by atoms with Gasteiger partial charge in [-0.1, -0.05) is 18.2 Å². The zero-order chi connectivity index (χ0) is 21.1. The van der Waals surface area contributed by atoms with Crippen molar-refractivity contribution in [3.63, 3.8) is 0 Å². The van der Waals surface area contributed by atoms with Gasteiger partial charge in [0, 0.05) is 25.0 Å². The highest BCUT2D eigenvalue weighted by Gasteiger charge is 2.34. The molecule has 0 saturated carbocycles. The minimum absolute atomic E-state index is 0.181. The number of amides is 2. The van der Waals surface area contributed by atoms with Crippen LogP contribution in [0.25, 0.3) is 11.5 Å². The maximum Gasteiger partial charge on any atom is 0.437 e. The fourth-order valence-electron chi connectivity index (χ4n) is 3.18. The Morgan fingerprint density at radius 1 is 1.00 bits per heavy atom. The number of carbonyl (C=O) groups excluding carboxylic acids is 2. The van der Waals surface area contributed by atoms with Gasteiger partial charge >= 0.3 is 5.76 Å². The van der Waals surface area contributed by atoms with Crippen molar-refractivity contribution in [1.29, 1.82) is 0 Å². The maximum absolute atomic E-state index is 12.4. The Balaban J connectivity index is 1.45. The molecule has 3 heterocycles. The first-order valence-corrected chi connectivity index (χ1v) is 10.3. The number of benzene rings is 1. The van der Waals surface area contributed by atoms with Crippen LogP contribution in [0.1, 0.15) is 27.1 Å². The van der Waals surface area contributed by atoms with Gasteiger partial charge in [-0.2, -0.15) is 4.68 Å². The molecular formula is C21H18N4O4S. The number of pyridine rings is 1. The molecular weight excluding hydrogens is 404 g/mol. The fraction of sp³-hybridized carbons (Fsp3) is 0.190. The summed E-state index contributed by atoms with van der Waals surface area (Å²) in [5, 5.41) is 4.95. The molecule has 152 valence electrons. The number of aryl methyl sites for hydroxylation is 1. The molecule has 3 aromatic rings. The van der Waals surface area contributed by atoms with Crippen molar-refractivity contribution in [3.8, 4) is 11.5 Å². The first-order valence-electron chi connectivity index (χ1n) is 9.32. The van der Waals surface area contributed by atoms with Crippen LogP contribution in [0, 0.1) is 0 Å². The lowest BCUT2D eigenvalue weighted by Crippen LogP contribution is -2.32. The van der Waals surface area contributed by atoms with E-state index < -0.39 is 5.76 Å². The highest BCUT2D eigenvalue weighted by atomic mass is 32.2. The molecule has 0 fully saturated rings. The van der Waals surface area contributed by atoms with Crippen LogP contribution in [0.15, 0.2) is 69.5 Å². The molecule has 0 spiro atoms. The van der Waals surface area contributed by atoms with Gasteiger partial charge in [0.2, 0.25) is 0 Å². The zero-order valence-electron chi connectivity index (χ0n) is 16.0. The molecule has 2 aromatic heterocycles. The minimum atomic E-state index is -0.601. The van der Waals surface area contributed by atoms with Gasteiger partial charge in [0.1, 0.15) is 5.03 Å². The molecule has 0 N–H and O–H groups in total. The molecule has 8 nitrogen and oxygen atoms in total. The average Bonchev–Trinajstić information content (AvgIpc) is 3.25. The summed E-state index contributed by atoms with van der Waals surface area (Å²) in [7, 11) is 0. The van der Waals surface area contributed by atoms with E-state index >= 15 is 0 Å². The third kappa shape index (κ3) is 3.71. The second-order valence-corrected chi connectivity index (χ2v) is 7.52. The van der Waals surface area contributed by atoms with Crippen LogP contribution in [-0.4, -0.2) is 43.8 Å². The molecule has 4 rings (SSSR count). The Bertz CT molecular complexity index is 1150. The van der Waals surface area contributed by atoms with Crippen molar-refractivity contribution in [1.82, 2.24) is 19.7 Å². The van der Waals surface area contributed by atoms with E-state index in [-0.39, 0.29) is 30.8 Å². The van der Waals surface area contributed by atoms with Crippen LogP contribution in [0.3, 0.4) is 0 Å². The first kappa shape index (κ1) is 19.8. The number of hydrogen-bond donors (Lipinski definition) is 0. The number of nitrogens with zero attached hydrogens (tertiary/aromatic N) is 4. The Kier molecular flexibility index (Phi) is 5.62. The van der Waals surface area contributed by atoms with E-state index in [2.05, 4.69) is 16.7 Å². The molecule has 30 heavy (non-hydrogen) atoms. The second-order valence-electron chi connectivity index (χ2n) is 6.51. The summed E-state index contributed by atoms with van der Waals surface area (Å²) in [6.07, 6.45) is 3.80. The van der Waals surface area contributed by atoms with Crippen LogP contribution in [-0.2, 0) is 6.54 Å². The number of thioether (sulfide) groups is 1. The number of rotatable bonds is 8. The van der Waals surface area contributed by atoms with Gasteiger partial charge < -0.3 is 4.42 Å². The zero-order valence-corrected chi connectivity index (χ0v) is 16.8. The van der Waals surface area contributed by atoms with E-state index in [1.807, 2.05) is 0 Å². The average molecular weight is 422 g/mol. The Morgan fingerprint density at radius 3 is 2.40 bits per heavy atom. The van der Waals surface area contributed by atoms with Gasteiger partial charge in [-0.3, -0.25) is 14.5 Å². The Labute approximate surface area is 176 Å². The summed E-state index contributed by atoms with van der Waals surface area (Å²) < 4.78 is 6.50. The van der Waals surface area contributed by atoms with E-state index in [4.69, 9.17) is 4.42 Å². The molecule has 2 amide bonds. The van der Waals surface area contributed by atoms with Crippen molar-refractivity contribution in [2.45, 2.75) is 18.0 Å². The SMILES string of the molecule is C=CCSc1ncccc1-c1nn(CCCN2C(=O)c3ccccc3C2=O)c(=O)o1. The highest BCUT2D eigenvalue weighted by Crippen LogP contribution is 2.27. The maximum atomic E-state index is 12.4. The summed E-state index contributed by atoms with van der Waals surface area (Å²) in [6, 6.07) is 10.3. The lowest BCUT2D eigenvalue weighted by Gasteiger charge is -2.12. The van der Waals surface area contributed by atoms with Crippen molar-refractivity contribution >= 4 is 23.6 Å².